The Morgan fingerprint density at radius 1 is 1.30 bits per heavy atom. The van der Waals surface area contributed by atoms with Crippen LogP contribution in [0, 0.1) is 11.3 Å². The van der Waals surface area contributed by atoms with Gasteiger partial charge in [-0.1, -0.05) is 0 Å². The van der Waals surface area contributed by atoms with E-state index in [4.69, 9.17) is 4.74 Å². The molecule has 1 aliphatic heterocycles. The molecule has 23 heavy (non-hydrogen) atoms. The number of benzene rings is 1. The second-order valence-electron chi connectivity index (χ2n) is 6.53. The molecule has 4 rings (SSSR count). The van der Waals surface area contributed by atoms with E-state index < -0.39 is 0 Å². The van der Waals surface area contributed by atoms with E-state index in [1.54, 1.807) is 7.11 Å². The highest BCUT2D eigenvalue weighted by Gasteiger charge is 2.51. The van der Waals surface area contributed by atoms with Gasteiger partial charge in [0.15, 0.2) is 0 Å². The van der Waals surface area contributed by atoms with Crippen LogP contribution in [0.1, 0.15) is 12.8 Å². The lowest BCUT2D eigenvalue weighted by molar-refractivity contribution is 0.0365. The summed E-state index contributed by atoms with van der Waals surface area (Å²) in [5.74, 6) is 2.75. The normalized spacial score (nSPS) is 18.9. The molecule has 2 aromatic rings. The summed E-state index contributed by atoms with van der Waals surface area (Å²) in [6.45, 7) is 2.37. The summed E-state index contributed by atoms with van der Waals surface area (Å²) in [5.41, 5.74) is 2.90. The first-order valence-corrected chi connectivity index (χ1v) is 8.53. The maximum absolute atomic E-state index is 9.50. The van der Waals surface area contributed by atoms with Crippen LogP contribution in [-0.4, -0.2) is 38.1 Å². The molecule has 1 aliphatic carbocycles. The number of anilines is 1. The zero-order valence-electron chi connectivity index (χ0n) is 13.6. The van der Waals surface area contributed by atoms with E-state index in [0.717, 1.165) is 22.9 Å². The van der Waals surface area contributed by atoms with Gasteiger partial charge in [-0.25, -0.2) is 0 Å². The van der Waals surface area contributed by atoms with Crippen LogP contribution in [0.4, 0.5) is 10.1 Å². The van der Waals surface area contributed by atoms with E-state index in [-0.39, 0.29) is 0 Å². The van der Waals surface area contributed by atoms with Crippen LogP contribution in [-0.2, 0) is 0 Å². The topological polar surface area (TPSA) is 25.4 Å². The molecule has 2 aliphatic rings. The number of halogens is 1. The fourth-order valence-corrected chi connectivity index (χ4v) is 4.26. The van der Waals surface area contributed by atoms with E-state index in [2.05, 4.69) is 34.6 Å². The third kappa shape index (κ3) is 2.87. The highest BCUT2D eigenvalue weighted by molar-refractivity contribution is 7.80. The fraction of sp³-hybridized carbons (Fsp3) is 0.500. The summed E-state index contributed by atoms with van der Waals surface area (Å²) in [7, 11) is 2.19. The molecule has 0 amide bonds. The summed E-state index contributed by atoms with van der Waals surface area (Å²) in [5, 5.41) is 1.22. The summed E-state index contributed by atoms with van der Waals surface area (Å²) >= 11 is 4.41. The van der Waals surface area contributed by atoms with E-state index in [1.165, 1.54) is 37.0 Å². The Balaban J connectivity index is 0.000000753. The minimum absolute atomic E-state index is 0.500. The second-order valence-corrected chi connectivity index (χ2v) is 6.89. The van der Waals surface area contributed by atoms with E-state index in [1.807, 2.05) is 18.3 Å². The van der Waals surface area contributed by atoms with Gasteiger partial charge in [-0.05, 0) is 42.7 Å². The van der Waals surface area contributed by atoms with Crippen molar-refractivity contribution in [2.24, 2.45) is 11.3 Å². The van der Waals surface area contributed by atoms with Crippen LogP contribution in [0.2, 0.25) is 0 Å². The molecule has 5 heteroatoms. The molecular weight excluding hydrogens is 311 g/mol. The Morgan fingerprint density at radius 2 is 2.04 bits per heavy atom. The minimum Gasteiger partial charge on any atom is -0.497 e. The zero-order chi connectivity index (χ0) is 16.4. The summed E-state index contributed by atoms with van der Waals surface area (Å²) in [6, 6.07) is 8.28. The van der Waals surface area contributed by atoms with Crippen molar-refractivity contribution in [1.82, 2.24) is 4.98 Å². The third-order valence-corrected chi connectivity index (χ3v) is 5.54. The van der Waals surface area contributed by atoms with Crippen molar-refractivity contribution in [1.29, 1.82) is 0 Å². The fourth-order valence-electron chi connectivity index (χ4n) is 4.00. The van der Waals surface area contributed by atoms with Crippen molar-refractivity contribution in [3.05, 3.63) is 30.5 Å². The van der Waals surface area contributed by atoms with Gasteiger partial charge in [0.2, 0.25) is 0 Å². The van der Waals surface area contributed by atoms with Gasteiger partial charge in [-0.2, -0.15) is 12.6 Å². The Labute approximate surface area is 142 Å². The third-order valence-electron chi connectivity index (χ3n) is 5.02. The second kappa shape index (κ2) is 6.56. The molecular formula is C18H23FN2OS. The molecule has 0 radical (unpaired) electrons. The molecule has 2 fully saturated rings. The number of methoxy groups -OCH3 is 1. The van der Waals surface area contributed by atoms with E-state index in [9.17, 15) is 4.39 Å². The maximum atomic E-state index is 9.50. The van der Waals surface area contributed by atoms with Gasteiger partial charge >= 0.3 is 0 Å². The van der Waals surface area contributed by atoms with Crippen molar-refractivity contribution in [3.8, 4) is 5.75 Å². The highest BCUT2D eigenvalue weighted by atomic mass is 32.1. The quantitative estimate of drug-likeness (QED) is 0.860. The number of pyridine rings is 1. The van der Waals surface area contributed by atoms with Gasteiger partial charge in [0, 0.05) is 41.8 Å². The molecule has 124 valence electrons. The molecule has 0 atom stereocenters. The van der Waals surface area contributed by atoms with Gasteiger partial charge in [-0.3, -0.25) is 9.37 Å². The Morgan fingerprint density at radius 3 is 2.70 bits per heavy atom. The average molecular weight is 334 g/mol. The number of aromatic nitrogens is 1. The smallest absolute Gasteiger partial charge is 0.121 e. The molecule has 2 heterocycles. The molecule has 1 saturated carbocycles. The van der Waals surface area contributed by atoms with Crippen LogP contribution < -0.4 is 9.64 Å². The summed E-state index contributed by atoms with van der Waals surface area (Å²) in [6.07, 6.45) is 4.60. The Hall–Kier alpha value is -1.49. The van der Waals surface area contributed by atoms with Gasteiger partial charge < -0.3 is 9.64 Å². The number of ether oxygens (including phenoxy) is 1. The van der Waals surface area contributed by atoms with Gasteiger partial charge in [0.1, 0.15) is 5.75 Å². The first-order valence-electron chi connectivity index (χ1n) is 7.89. The maximum Gasteiger partial charge on any atom is 0.121 e. The van der Waals surface area contributed by atoms with Crippen LogP contribution >= 0.6 is 12.6 Å². The number of hydrogen-bond acceptors (Lipinski definition) is 4. The van der Waals surface area contributed by atoms with Crippen LogP contribution in [0.3, 0.4) is 0 Å². The lowest BCUT2D eigenvalue weighted by atomic mass is 9.58. The molecule has 0 unspecified atom stereocenters. The van der Waals surface area contributed by atoms with Crippen molar-refractivity contribution < 1.29 is 9.13 Å². The minimum atomic E-state index is 0.500. The molecule has 1 aromatic carbocycles. The SMILES string of the molecule is CF.COc1ccc2c(N3CC4(CC(CS)C4)C3)ccnc2c1. The van der Waals surface area contributed by atoms with E-state index >= 15 is 0 Å². The molecule has 1 saturated heterocycles. The lowest BCUT2D eigenvalue weighted by Gasteiger charge is -2.60. The monoisotopic (exact) mass is 334 g/mol. The molecule has 3 nitrogen and oxygen atoms in total. The predicted molar refractivity (Wildman–Crippen MR) is 96.6 cm³/mol. The predicted octanol–water partition coefficient (Wildman–Crippen LogP) is 3.98. The van der Waals surface area contributed by atoms with Crippen molar-refractivity contribution >= 4 is 29.2 Å². The Kier molecular flexibility index (Phi) is 4.67. The lowest BCUT2D eigenvalue weighted by Crippen LogP contribution is -2.62. The van der Waals surface area contributed by atoms with Gasteiger partial charge in [-0.15, -0.1) is 0 Å². The molecule has 0 N–H and O–H groups in total. The largest absolute Gasteiger partial charge is 0.497 e. The summed E-state index contributed by atoms with van der Waals surface area (Å²) < 4.78 is 14.8. The first-order chi connectivity index (χ1) is 11.2. The van der Waals surface area contributed by atoms with Crippen LogP contribution in [0.25, 0.3) is 10.9 Å². The highest BCUT2D eigenvalue weighted by Crippen LogP contribution is 2.53. The molecule has 1 spiro atoms. The Bertz CT molecular complexity index is 680. The van der Waals surface area contributed by atoms with Gasteiger partial charge in [0.25, 0.3) is 0 Å². The van der Waals surface area contributed by atoms with Crippen LogP contribution in [0.5, 0.6) is 5.75 Å². The van der Waals surface area contributed by atoms with Crippen molar-refractivity contribution in [2.75, 3.05) is 38.0 Å². The molecule has 0 bridgehead atoms. The van der Waals surface area contributed by atoms with Crippen molar-refractivity contribution in [2.45, 2.75) is 12.8 Å². The number of nitrogens with zero attached hydrogens (tertiary/aromatic N) is 2. The first kappa shape index (κ1) is 16.4. The number of alkyl halides is 1. The van der Waals surface area contributed by atoms with E-state index in [0.29, 0.717) is 12.6 Å². The number of fused-ring (bicyclic) bond motifs is 1. The van der Waals surface area contributed by atoms with Crippen molar-refractivity contribution in [3.63, 3.8) is 0 Å². The van der Waals surface area contributed by atoms with Gasteiger partial charge in [0.05, 0.1) is 19.8 Å². The summed E-state index contributed by atoms with van der Waals surface area (Å²) in [4.78, 5) is 6.96. The standard InChI is InChI=1S/C17H20N2OS.CH3F/c1-20-13-2-3-14-15(6-13)18-5-4-16(14)19-10-17(11-19)7-12(8-17)9-21;1-2/h2-6,12,21H,7-11H2,1H3;1H3. The number of hydrogen-bond donors (Lipinski definition) is 1. The zero-order valence-corrected chi connectivity index (χ0v) is 14.5. The average Bonchev–Trinajstić information content (AvgIpc) is 2.54. The number of thiol groups is 1. The molecule has 1 aromatic heterocycles. The van der Waals surface area contributed by atoms with Crippen LogP contribution in [0.15, 0.2) is 30.5 Å². The number of rotatable bonds is 3.